The smallest absolute Gasteiger partial charge is 0.416 e. The number of carbonyl (C=O) groups is 2. The van der Waals surface area contributed by atoms with Gasteiger partial charge < -0.3 is 14.4 Å². The van der Waals surface area contributed by atoms with Crippen molar-refractivity contribution in [3.63, 3.8) is 0 Å². The lowest BCUT2D eigenvalue weighted by atomic mass is 10.1. The van der Waals surface area contributed by atoms with Crippen molar-refractivity contribution in [2.75, 3.05) is 37.7 Å². The van der Waals surface area contributed by atoms with Crippen LogP contribution in [-0.2, 0) is 28.0 Å². The number of aryl methyl sites for hydroxylation is 1. The molecule has 3 aromatic carbocycles. The zero-order valence-electron chi connectivity index (χ0n) is 28.2. The van der Waals surface area contributed by atoms with E-state index in [-0.39, 0.29) is 12.4 Å². The molecule has 2 heterocycles. The molecule has 0 N–H and O–H groups in total. The van der Waals surface area contributed by atoms with Gasteiger partial charge in [0.05, 0.1) is 17.9 Å². The number of hydrogen-bond acceptors (Lipinski definition) is 9. The molecule has 1 aromatic heterocycles. The third kappa shape index (κ3) is 9.23. The second-order valence-electron chi connectivity index (χ2n) is 12.4. The third-order valence-electron chi connectivity index (χ3n) is 8.27. The third-order valence-corrected chi connectivity index (χ3v) is 10.6. The Morgan fingerprint density at radius 1 is 0.959 bits per heavy atom. The van der Waals surface area contributed by atoms with Crippen LogP contribution in [0, 0.1) is 6.92 Å². The summed E-state index contributed by atoms with van der Waals surface area (Å²) in [7, 11) is 0. The molecular weight excluding hydrogens is 672 g/mol. The number of ether oxygens (including phenoxy) is 2. The number of anilines is 1. The first kappa shape index (κ1) is 36.4. The maximum absolute atomic E-state index is 13.2. The number of nitrogens with zero attached hydrogens (tertiary/aromatic N) is 3. The van der Waals surface area contributed by atoms with Crippen LogP contribution in [0.4, 0.5) is 18.9 Å². The summed E-state index contributed by atoms with van der Waals surface area (Å²) in [6.45, 7) is 12.8. The molecule has 0 bridgehead atoms. The predicted molar refractivity (Wildman–Crippen MR) is 189 cm³/mol. The van der Waals surface area contributed by atoms with Crippen molar-refractivity contribution in [1.82, 2.24) is 9.88 Å². The highest BCUT2D eigenvalue weighted by Gasteiger charge is 2.32. The Labute approximate surface area is 293 Å². The molecule has 5 rings (SSSR count). The molecule has 0 unspecified atom stereocenters. The van der Waals surface area contributed by atoms with Gasteiger partial charge in [0.15, 0.2) is 11.4 Å². The average Bonchev–Trinajstić information content (AvgIpc) is 3.47. The lowest BCUT2D eigenvalue weighted by Crippen LogP contribution is -2.46. The number of piperazine rings is 1. The summed E-state index contributed by atoms with van der Waals surface area (Å²) in [6.07, 6.45) is -4.40. The van der Waals surface area contributed by atoms with Crippen LogP contribution in [-0.4, -0.2) is 60.0 Å². The topological polar surface area (TPSA) is 72.0 Å². The molecule has 1 saturated heterocycles. The summed E-state index contributed by atoms with van der Waals surface area (Å²) in [5, 5.41) is 0.685. The van der Waals surface area contributed by atoms with Gasteiger partial charge in [0, 0.05) is 65.1 Å². The van der Waals surface area contributed by atoms with Crippen LogP contribution in [0.5, 0.6) is 5.75 Å². The van der Waals surface area contributed by atoms with Crippen LogP contribution in [0.15, 0.2) is 71.6 Å². The highest BCUT2D eigenvalue weighted by Crippen LogP contribution is 2.37. The molecule has 0 saturated carbocycles. The van der Waals surface area contributed by atoms with E-state index in [1.165, 1.54) is 23.5 Å². The molecule has 12 heteroatoms. The minimum Gasteiger partial charge on any atom is -0.476 e. The average molecular weight is 712 g/mol. The predicted octanol–water partition coefficient (Wildman–Crippen LogP) is 8.67. The fourth-order valence-corrected chi connectivity index (χ4v) is 7.60. The van der Waals surface area contributed by atoms with E-state index >= 15 is 0 Å². The molecule has 4 aromatic rings. The van der Waals surface area contributed by atoms with Gasteiger partial charge in [-0.2, -0.15) is 13.2 Å². The largest absolute Gasteiger partial charge is 0.476 e. The number of alkyl halides is 3. The van der Waals surface area contributed by atoms with E-state index in [9.17, 15) is 22.8 Å². The molecule has 0 amide bonds. The molecule has 1 fully saturated rings. The van der Waals surface area contributed by atoms with Crippen molar-refractivity contribution in [1.29, 1.82) is 0 Å². The van der Waals surface area contributed by atoms with Crippen molar-refractivity contribution in [3.8, 4) is 16.3 Å². The molecule has 7 nitrogen and oxygen atoms in total. The highest BCUT2D eigenvalue weighted by molar-refractivity contribution is 7.98. The van der Waals surface area contributed by atoms with Crippen LogP contribution in [0.1, 0.15) is 59.8 Å². The molecule has 0 radical (unpaired) electrons. The Morgan fingerprint density at radius 3 is 2.22 bits per heavy atom. The van der Waals surface area contributed by atoms with E-state index in [2.05, 4.69) is 9.80 Å². The summed E-state index contributed by atoms with van der Waals surface area (Å²) < 4.78 is 50.9. The van der Waals surface area contributed by atoms with Crippen molar-refractivity contribution in [3.05, 3.63) is 94.0 Å². The van der Waals surface area contributed by atoms with E-state index in [1.807, 2.05) is 49.4 Å². The summed E-state index contributed by atoms with van der Waals surface area (Å²) in [6, 6.07) is 18.7. The molecule has 0 atom stereocenters. The number of esters is 1. The van der Waals surface area contributed by atoms with E-state index in [4.69, 9.17) is 14.5 Å². The normalized spacial score (nSPS) is 14.2. The summed E-state index contributed by atoms with van der Waals surface area (Å²) in [5.74, 6) is 0.837. The van der Waals surface area contributed by atoms with E-state index in [0.717, 1.165) is 65.0 Å². The molecular formula is C37H40F3N3O4S2. The Kier molecular flexibility index (Phi) is 11.4. The molecule has 0 aliphatic carbocycles. The first-order valence-corrected chi connectivity index (χ1v) is 17.9. The van der Waals surface area contributed by atoms with Crippen LogP contribution in [0.25, 0.3) is 10.6 Å². The minimum atomic E-state index is -4.40. The number of Topliss-reactive ketones (excluding diaryl/α,β-unsaturated/α-hetero) is 1. The van der Waals surface area contributed by atoms with E-state index in [0.29, 0.717) is 34.2 Å². The summed E-state index contributed by atoms with van der Waals surface area (Å²) >= 11 is 3.15. The zero-order valence-corrected chi connectivity index (χ0v) is 29.9. The molecule has 260 valence electrons. The van der Waals surface area contributed by atoms with Crippen LogP contribution in [0.3, 0.4) is 0 Å². The van der Waals surface area contributed by atoms with Gasteiger partial charge in [-0.3, -0.25) is 9.69 Å². The second kappa shape index (κ2) is 15.3. The summed E-state index contributed by atoms with van der Waals surface area (Å²) in [5.41, 5.74) is 2.40. The van der Waals surface area contributed by atoms with Crippen molar-refractivity contribution in [2.24, 2.45) is 0 Å². The number of benzene rings is 3. The number of aromatic nitrogens is 1. The monoisotopic (exact) mass is 711 g/mol. The van der Waals surface area contributed by atoms with Gasteiger partial charge >= 0.3 is 12.1 Å². The molecule has 0 spiro atoms. The SMILES string of the molecule is CCOC(=O)C(C)(C)Oc1ccc(SCc2sc(-c3ccc(C(F)(F)F)cc3)nc2CN2CCN(c3ccc(C(C)=O)cc3)CC2)cc1C. The Morgan fingerprint density at radius 2 is 1.63 bits per heavy atom. The number of thiazole rings is 1. The van der Waals surface area contributed by atoms with E-state index in [1.54, 1.807) is 39.5 Å². The van der Waals surface area contributed by atoms with Crippen molar-refractivity contribution in [2.45, 2.75) is 63.6 Å². The number of carbonyl (C=O) groups excluding carboxylic acids is 2. The van der Waals surface area contributed by atoms with Gasteiger partial charge in [0.1, 0.15) is 10.8 Å². The number of rotatable bonds is 12. The first-order valence-electron chi connectivity index (χ1n) is 16.1. The highest BCUT2D eigenvalue weighted by atomic mass is 32.2. The minimum absolute atomic E-state index is 0.0421. The quantitative estimate of drug-likeness (QED) is 0.0822. The van der Waals surface area contributed by atoms with Gasteiger partial charge in [-0.25, -0.2) is 9.78 Å². The Balaban J connectivity index is 1.31. The standard InChI is InChI=1S/C37H40F3N3O4S2/c1-6-46-35(45)36(4,5)47-32-16-15-30(21-24(32)2)48-23-33-31(41-34(49-33)27-7-11-28(12-8-27)37(38,39)40)22-42-17-19-43(20-18-42)29-13-9-26(10-14-29)25(3)44/h7-16,21H,6,17-20,22-23H2,1-5H3. The summed E-state index contributed by atoms with van der Waals surface area (Å²) in [4.78, 5) is 35.7. The maximum Gasteiger partial charge on any atom is 0.416 e. The van der Waals surface area contributed by atoms with Gasteiger partial charge in [-0.05, 0) is 94.8 Å². The number of hydrogen-bond donors (Lipinski definition) is 0. The first-order chi connectivity index (χ1) is 23.2. The molecule has 49 heavy (non-hydrogen) atoms. The molecule has 1 aliphatic heterocycles. The maximum atomic E-state index is 13.2. The van der Waals surface area contributed by atoms with E-state index < -0.39 is 23.3 Å². The number of thioether (sulfide) groups is 1. The van der Waals surface area contributed by atoms with Gasteiger partial charge in [-0.15, -0.1) is 23.1 Å². The lowest BCUT2D eigenvalue weighted by Gasteiger charge is -2.36. The Bertz CT molecular complexity index is 1770. The van der Waals surface area contributed by atoms with Crippen molar-refractivity contribution >= 4 is 40.5 Å². The molecule has 1 aliphatic rings. The fourth-order valence-electron chi connectivity index (χ4n) is 5.42. The van der Waals surface area contributed by atoms with Crippen LogP contribution in [0.2, 0.25) is 0 Å². The van der Waals surface area contributed by atoms with Crippen molar-refractivity contribution < 1.29 is 32.2 Å². The van der Waals surface area contributed by atoms with Gasteiger partial charge in [0.25, 0.3) is 0 Å². The van der Waals surface area contributed by atoms with Gasteiger partial charge in [0.2, 0.25) is 0 Å². The van der Waals surface area contributed by atoms with Crippen LogP contribution < -0.4 is 9.64 Å². The van der Waals surface area contributed by atoms with Gasteiger partial charge in [-0.1, -0.05) is 12.1 Å². The lowest BCUT2D eigenvalue weighted by molar-refractivity contribution is -0.158. The Hall–Kier alpha value is -3.87. The number of halogens is 3. The van der Waals surface area contributed by atoms with Crippen LogP contribution >= 0.6 is 23.1 Å². The zero-order chi connectivity index (χ0) is 35.3. The number of ketones is 1. The fraction of sp³-hybridized carbons (Fsp3) is 0.378. The second-order valence-corrected chi connectivity index (χ2v) is 14.5.